The number of aryl methyl sites for hydroxylation is 5. The van der Waals surface area contributed by atoms with Crippen LogP contribution in [0.1, 0.15) is 59.7 Å². The van der Waals surface area contributed by atoms with Crippen LogP contribution in [-0.2, 0) is 4.74 Å². The summed E-state index contributed by atoms with van der Waals surface area (Å²) in [6.45, 7) is 10.8. The summed E-state index contributed by atoms with van der Waals surface area (Å²) in [5, 5.41) is 6.66. The first-order valence-electron chi connectivity index (χ1n) is 29.0. The van der Waals surface area contributed by atoms with Gasteiger partial charge in [-0.3, -0.25) is 0 Å². The fourth-order valence-corrected chi connectivity index (χ4v) is 26.9. The van der Waals surface area contributed by atoms with Crippen LogP contribution in [0.3, 0.4) is 0 Å². The van der Waals surface area contributed by atoms with Crippen LogP contribution in [0.2, 0.25) is 0 Å². The number of benzene rings is 4. The average molecular weight is 1450 g/mol. The van der Waals surface area contributed by atoms with E-state index in [0.717, 1.165) is 95.6 Å². The van der Waals surface area contributed by atoms with Crippen LogP contribution >= 0.6 is 152 Å². The first-order chi connectivity index (χ1) is 43.4. The summed E-state index contributed by atoms with van der Waals surface area (Å²) >= 11 is 24.0. The number of esters is 1. The molecule has 0 radical (unpaired) electrons. The molecule has 12 heterocycles. The van der Waals surface area contributed by atoms with Crippen molar-refractivity contribution in [2.75, 3.05) is 11.9 Å². The predicted molar refractivity (Wildman–Crippen MR) is 401 cm³/mol. The lowest BCUT2D eigenvalue weighted by atomic mass is 9.98. The minimum atomic E-state index is -0.615. The van der Waals surface area contributed by atoms with Crippen molar-refractivity contribution in [3.05, 3.63) is 174 Å². The molecule has 16 aromatic rings. The fourth-order valence-electron chi connectivity index (χ4n) is 12.1. The van der Waals surface area contributed by atoms with Crippen LogP contribution < -0.4 is 0 Å². The number of thiophene rings is 12. The highest BCUT2D eigenvalue weighted by Crippen LogP contribution is 2.61. The Morgan fingerprint density at radius 1 is 0.382 bits per heavy atom. The van der Waals surface area contributed by atoms with Gasteiger partial charge in [0.25, 0.3) is 0 Å². The van der Waals surface area contributed by atoms with Crippen molar-refractivity contribution in [2.45, 2.75) is 60.3 Å². The first-order valence-corrected chi connectivity index (χ1v) is 39.9. The zero-order valence-electron chi connectivity index (χ0n) is 48.3. The molecule has 16 rings (SSSR count). The lowest BCUT2D eigenvalue weighted by Crippen LogP contribution is -2.06. The monoisotopic (exact) mass is 1450 g/mol. The number of rotatable bonds is 16. The number of halogens is 3. The maximum absolute atomic E-state index is 18.3. The molecule has 442 valence electrons. The van der Waals surface area contributed by atoms with Crippen LogP contribution in [0.4, 0.5) is 8.78 Å². The third-order valence-electron chi connectivity index (χ3n) is 16.2. The number of unbranched alkanes of at least 4 members (excludes halogenated alkanes) is 3. The fraction of sp³-hybridized carbons (Fsp3) is 0.153. The average Bonchev–Trinajstić information content (AvgIpc) is 1.59. The van der Waals surface area contributed by atoms with Gasteiger partial charge in [0.05, 0.1) is 30.6 Å². The highest BCUT2D eigenvalue weighted by atomic mass is 79.9. The minimum absolute atomic E-state index is 0.0122. The van der Waals surface area contributed by atoms with Gasteiger partial charge in [0.15, 0.2) is 5.82 Å². The number of carbonyl (C=O) groups excluding carboxylic acids is 1. The van der Waals surface area contributed by atoms with E-state index in [1.807, 2.05) is 59.1 Å². The molecule has 12 aromatic heterocycles. The minimum Gasteiger partial charge on any atom is -0.461 e. The molecule has 0 saturated carbocycles. The van der Waals surface area contributed by atoms with E-state index in [-0.39, 0.29) is 17.3 Å². The Hall–Kier alpha value is -5.35. The quantitative estimate of drug-likeness (QED) is 0.0547. The molecule has 0 amide bonds. The van der Waals surface area contributed by atoms with Crippen LogP contribution in [0.25, 0.3) is 152 Å². The number of hydrogen-bond donors (Lipinski definition) is 0. The summed E-state index contributed by atoms with van der Waals surface area (Å²) in [6, 6.07) is 48.3. The maximum atomic E-state index is 18.3. The predicted octanol–water partition coefficient (Wildman–Crippen LogP) is 28.3. The van der Waals surface area contributed by atoms with Gasteiger partial charge in [-0.15, -0.1) is 136 Å². The Morgan fingerprint density at radius 3 is 1.25 bits per heavy atom. The van der Waals surface area contributed by atoms with Gasteiger partial charge in [0.1, 0.15) is 10.7 Å². The Kier molecular flexibility index (Phi) is 15.6. The van der Waals surface area contributed by atoms with Gasteiger partial charge < -0.3 is 4.74 Å². The summed E-state index contributed by atoms with van der Waals surface area (Å²) in [5.41, 5.74) is 7.02. The van der Waals surface area contributed by atoms with Crippen molar-refractivity contribution < 1.29 is 18.3 Å². The van der Waals surface area contributed by atoms with Gasteiger partial charge >= 0.3 is 5.97 Å². The van der Waals surface area contributed by atoms with Crippen LogP contribution in [0.15, 0.2) is 133 Å². The van der Waals surface area contributed by atoms with Crippen molar-refractivity contribution in [1.82, 2.24) is 0 Å². The van der Waals surface area contributed by atoms with Gasteiger partial charge in [0.2, 0.25) is 0 Å². The summed E-state index contributed by atoms with van der Waals surface area (Å²) in [6.07, 6.45) is 3.72. The number of carbonyl (C=O) groups is 1. The molecule has 0 saturated heterocycles. The second-order valence-corrected chi connectivity index (χ2v) is 36.6. The normalized spacial score (nSPS) is 12.1. The van der Waals surface area contributed by atoms with E-state index < -0.39 is 11.8 Å². The van der Waals surface area contributed by atoms with Crippen molar-refractivity contribution >= 4 is 218 Å². The van der Waals surface area contributed by atoms with Crippen molar-refractivity contribution in [1.29, 1.82) is 0 Å². The number of alkyl halides is 1. The molecule has 0 spiro atoms. The topological polar surface area (TPSA) is 26.3 Å². The largest absolute Gasteiger partial charge is 0.461 e. The second kappa shape index (κ2) is 23.6. The SMILES string of the molecule is Cc1ccc(-c2c(-c3ccc(C)s3)c3sc(-c4sc(-c5cc6c(s5)c(-c5ccc(C)s5)c(-c5ccc(C)s5)c5sc(-c7sc(-c8ccccc8)c8c(F)c(C)sc78)cc56)c5c(F)c(C(=O)OCCCCCCBr)sc45)cc3c3cc(-c4ccccc4)sc23)s1. The lowest BCUT2D eigenvalue weighted by Gasteiger charge is -2.11. The van der Waals surface area contributed by atoms with E-state index >= 15 is 8.78 Å². The lowest BCUT2D eigenvalue weighted by molar-refractivity contribution is 0.0499. The molecule has 0 aliphatic rings. The molecule has 0 bridgehead atoms. The van der Waals surface area contributed by atoms with Gasteiger partial charge in [-0.25, -0.2) is 13.6 Å². The summed E-state index contributed by atoms with van der Waals surface area (Å²) in [4.78, 5) is 32.9. The van der Waals surface area contributed by atoms with Crippen LogP contribution in [-0.4, -0.2) is 17.9 Å². The zero-order valence-corrected chi connectivity index (χ0v) is 59.7. The Labute approximate surface area is 569 Å². The zero-order chi connectivity index (χ0) is 60.5. The Balaban J connectivity index is 0.957. The Morgan fingerprint density at radius 2 is 0.787 bits per heavy atom. The molecular weight excluding hydrogens is 1400 g/mol. The maximum Gasteiger partial charge on any atom is 0.351 e. The van der Waals surface area contributed by atoms with Crippen molar-refractivity contribution in [2.24, 2.45) is 0 Å². The summed E-state index contributed by atoms with van der Waals surface area (Å²) < 4.78 is 47.2. The van der Waals surface area contributed by atoms with E-state index in [1.165, 1.54) is 119 Å². The molecule has 0 atom stereocenters. The first kappa shape index (κ1) is 58.7. The van der Waals surface area contributed by atoms with Crippen molar-refractivity contribution in [3.8, 4) is 91.9 Å². The standard InChI is InChI=1S/C72H49BrF2O2S12/c1-34-20-24-45(78-34)53-54(46-25-21-35(2)79-46)64-43(41-30-49(83-62(41)53)39-16-10-8-11-17-39)32-52(86-64)68-70-58(60(75)71(89-70)72(76)77-29-15-7-6-14-28-73)66(88-68)50-31-42-44-33-51(67-69-57(59(74)38(5)82-69)61(87-67)40-18-12-9-13-19-40)85-65(44)56(48-27-23-37(4)81-48)55(63(42)84-50)47-26-22-36(3)80-47/h8-13,16-27,30-33H,6-7,14-15,28-29H2,1-5H3. The molecule has 0 aliphatic heterocycles. The molecular formula is C72H49BrF2O2S12. The molecule has 17 heteroatoms. The third-order valence-corrected chi connectivity index (χ3v) is 31.0. The summed E-state index contributed by atoms with van der Waals surface area (Å²) in [7, 11) is 0. The Bertz CT molecular complexity index is 5440. The van der Waals surface area contributed by atoms with Gasteiger partial charge in [0, 0.05) is 147 Å². The molecule has 4 aromatic carbocycles. The second-order valence-electron chi connectivity index (χ2n) is 22.2. The molecule has 0 fully saturated rings. The van der Waals surface area contributed by atoms with E-state index in [0.29, 0.717) is 15.6 Å². The van der Waals surface area contributed by atoms with Gasteiger partial charge in [-0.2, -0.15) is 0 Å². The van der Waals surface area contributed by atoms with E-state index in [1.54, 1.807) is 79.4 Å². The van der Waals surface area contributed by atoms with E-state index in [9.17, 15) is 4.79 Å². The van der Waals surface area contributed by atoms with Crippen LogP contribution in [0, 0.1) is 46.3 Å². The van der Waals surface area contributed by atoms with E-state index in [4.69, 9.17) is 4.74 Å². The smallest absolute Gasteiger partial charge is 0.351 e. The third kappa shape index (κ3) is 10.1. The number of ether oxygens (including phenoxy) is 1. The summed E-state index contributed by atoms with van der Waals surface area (Å²) in [5.74, 6) is -1.29. The van der Waals surface area contributed by atoms with Crippen LogP contribution in [0.5, 0.6) is 0 Å². The molecule has 2 nitrogen and oxygen atoms in total. The van der Waals surface area contributed by atoms with Gasteiger partial charge in [-0.05, 0) is 131 Å². The highest BCUT2D eigenvalue weighted by molar-refractivity contribution is 9.09. The van der Waals surface area contributed by atoms with E-state index in [2.05, 4.69) is 159 Å². The number of hydrogen-bond acceptors (Lipinski definition) is 14. The molecule has 0 N–H and O–H groups in total. The number of fused-ring (bicyclic) bond motifs is 8. The van der Waals surface area contributed by atoms with Crippen molar-refractivity contribution in [3.63, 3.8) is 0 Å². The van der Waals surface area contributed by atoms with Gasteiger partial charge in [-0.1, -0.05) is 89.4 Å². The highest BCUT2D eigenvalue weighted by Gasteiger charge is 2.33. The molecule has 0 aliphatic carbocycles. The molecule has 89 heavy (non-hydrogen) atoms. The molecule has 0 unspecified atom stereocenters.